The average molecular weight is 250 g/mol. The predicted molar refractivity (Wildman–Crippen MR) is 89.8 cm³/mol. The second-order valence-corrected chi connectivity index (χ2v) is 3.59. The normalized spacial score (nSPS) is 10.0. The Hall–Kier alpha value is -1.22. The van der Waals surface area contributed by atoms with Crippen LogP contribution >= 0.6 is 0 Å². The van der Waals surface area contributed by atoms with E-state index in [4.69, 9.17) is 0 Å². The maximum Gasteiger partial charge on any atom is -0.0106 e. The van der Waals surface area contributed by atoms with Crippen LogP contribution in [-0.2, 0) is 0 Å². The van der Waals surface area contributed by atoms with Crippen LogP contribution < -0.4 is 0 Å². The molecule has 0 N–H and O–H groups in total. The summed E-state index contributed by atoms with van der Waals surface area (Å²) < 4.78 is 0. The molecule has 0 bridgehead atoms. The van der Waals surface area contributed by atoms with Gasteiger partial charge in [0, 0.05) is 0 Å². The number of terminal acetylenes is 1. The lowest BCUT2D eigenvalue weighted by atomic mass is 9.81. The fourth-order valence-corrected chi connectivity index (χ4v) is 0.974. The molecule has 0 saturated heterocycles. The summed E-state index contributed by atoms with van der Waals surface area (Å²) in [7, 11) is 0. The largest absolute Gasteiger partial charge is 0.124 e. The fraction of sp³-hybridized carbons (Fsp3) is 0.556. The molecule has 0 heterocycles. The SMILES string of the molecule is C#C.C=C/C(=C\C=C/C)C(C)(C)CC.CC.CC. The van der Waals surface area contributed by atoms with Crippen LogP contribution in [0.15, 0.2) is 36.5 Å². The van der Waals surface area contributed by atoms with Crippen molar-refractivity contribution < 1.29 is 0 Å². The van der Waals surface area contributed by atoms with Gasteiger partial charge in [0.1, 0.15) is 0 Å². The summed E-state index contributed by atoms with van der Waals surface area (Å²) in [4.78, 5) is 0. The first kappa shape index (κ1) is 25.6. The Morgan fingerprint density at radius 2 is 1.50 bits per heavy atom. The van der Waals surface area contributed by atoms with E-state index in [0.29, 0.717) is 0 Å². The minimum atomic E-state index is 0.251. The minimum absolute atomic E-state index is 0.251. The lowest BCUT2D eigenvalue weighted by molar-refractivity contribution is 0.440. The predicted octanol–water partition coefficient (Wildman–Crippen LogP) is 6.41. The van der Waals surface area contributed by atoms with Crippen molar-refractivity contribution in [3.05, 3.63) is 36.5 Å². The first-order chi connectivity index (χ1) is 8.58. The molecular formula is C18H34. The van der Waals surface area contributed by atoms with E-state index in [9.17, 15) is 0 Å². The molecule has 0 spiro atoms. The quantitative estimate of drug-likeness (QED) is 0.399. The molecule has 0 nitrogen and oxygen atoms in total. The van der Waals surface area contributed by atoms with E-state index in [1.165, 1.54) is 5.57 Å². The van der Waals surface area contributed by atoms with Crippen molar-refractivity contribution in [2.24, 2.45) is 5.41 Å². The van der Waals surface area contributed by atoms with E-state index in [1.807, 2.05) is 46.8 Å². The van der Waals surface area contributed by atoms with Crippen molar-refractivity contribution in [1.82, 2.24) is 0 Å². The highest BCUT2D eigenvalue weighted by Gasteiger charge is 2.17. The Balaban J connectivity index is -0.000000141. The number of hydrogen-bond acceptors (Lipinski definition) is 0. The van der Waals surface area contributed by atoms with Gasteiger partial charge in [0.15, 0.2) is 0 Å². The molecule has 18 heavy (non-hydrogen) atoms. The van der Waals surface area contributed by atoms with Crippen LogP contribution in [0.5, 0.6) is 0 Å². The average Bonchev–Trinajstić information content (AvgIpc) is 2.46. The highest BCUT2D eigenvalue weighted by molar-refractivity contribution is 5.27. The summed E-state index contributed by atoms with van der Waals surface area (Å²) in [6.45, 7) is 20.5. The van der Waals surface area contributed by atoms with Gasteiger partial charge in [-0.2, -0.15) is 0 Å². The van der Waals surface area contributed by atoms with Gasteiger partial charge in [0.2, 0.25) is 0 Å². The van der Waals surface area contributed by atoms with E-state index >= 15 is 0 Å². The molecule has 0 saturated carbocycles. The van der Waals surface area contributed by atoms with Crippen LogP contribution in [0.1, 0.15) is 61.8 Å². The van der Waals surface area contributed by atoms with E-state index in [1.54, 1.807) is 0 Å². The smallest absolute Gasteiger partial charge is 0.0106 e. The zero-order valence-corrected chi connectivity index (χ0v) is 13.9. The van der Waals surface area contributed by atoms with Crippen molar-refractivity contribution in [3.63, 3.8) is 0 Å². The summed E-state index contributed by atoms with van der Waals surface area (Å²) in [6, 6.07) is 0. The van der Waals surface area contributed by atoms with Gasteiger partial charge in [0.25, 0.3) is 0 Å². The van der Waals surface area contributed by atoms with Crippen molar-refractivity contribution >= 4 is 0 Å². The molecule has 0 aromatic heterocycles. The standard InChI is InChI=1S/C12H20.2C2H6.C2H2/c1-6-9-10-11(7-2)12(4,5)8-3;3*1-2/h6-7,9-10H,2,8H2,1,3-5H3;2*1-2H3;1-2H/b9-6-,11-10+;;;. The summed E-state index contributed by atoms with van der Waals surface area (Å²) in [5.74, 6) is 0. The van der Waals surface area contributed by atoms with Crippen molar-refractivity contribution in [2.45, 2.75) is 61.8 Å². The van der Waals surface area contributed by atoms with Gasteiger partial charge in [0.05, 0.1) is 0 Å². The third kappa shape index (κ3) is 14.8. The van der Waals surface area contributed by atoms with Crippen LogP contribution in [0, 0.1) is 18.3 Å². The van der Waals surface area contributed by atoms with Crippen LogP contribution in [0.3, 0.4) is 0 Å². The summed E-state index contributed by atoms with van der Waals surface area (Å²) in [5.41, 5.74) is 1.56. The third-order valence-corrected chi connectivity index (χ3v) is 2.35. The molecule has 0 aliphatic rings. The van der Waals surface area contributed by atoms with Crippen LogP contribution in [0.25, 0.3) is 0 Å². The summed E-state index contributed by atoms with van der Waals surface area (Å²) in [5, 5.41) is 0. The first-order valence-corrected chi connectivity index (χ1v) is 6.87. The highest BCUT2D eigenvalue weighted by atomic mass is 14.2. The topological polar surface area (TPSA) is 0 Å². The Labute approximate surface area is 117 Å². The van der Waals surface area contributed by atoms with Crippen LogP contribution in [0.4, 0.5) is 0 Å². The Bertz CT molecular complexity index is 224. The molecular weight excluding hydrogens is 216 g/mol. The molecule has 0 unspecified atom stereocenters. The van der Waals surface area contributed by atoms with Gasteiger partial charge in [-0.15, -0.1) is 12.8 Å². The Morgan fingerprint density at radius 3 is 1.72 bits per heavy atom. The molecule has 0 rings (SSSR count). The first-order valence-electron chi connectivity index (χ1n) is 6.87. The van der Waals surface area contributed by atoms with Gasteiger partial charge in [-0.1, -0.05) is 79.3 Å². The van der Waals surface area contributed by atoms with Gasteiger partial charge in [-0.3, -0.25) is 0 Å². The fourth-order valence-electron chi connectivity index (χ4n) is 0.974. The molecule has 106 valence electrons. The third-order valence-electron chi connectivity index (χ3n) is 2.35. The van der Waals surface area contributed by atoms with Crippen molar-refractivity contribution in [1.29, 1.82) is 0 Å². The molecule has 0 aromatic rings. The lowest BCUT2D eigenvalue weighted by Crippen LogP contribution is -2.11. The second kappa shape index (κ2) is 21.1. The van der Waals surface area contributed by atoms with E-state index in [0.717, 1.165) is 6.42 Å². The monoisotopic (exact) mass is 250 g/mol. The maximum absolute atomic E-state index is 4.00. The van der Waals surface area contributed by atoms with Crippen molar-refractivity contribution in [3.8, 4) is 12.8 Å². The Kier molecular flexibility index (Phi) is 30.0. The van der Waals surface area contributed by atoms with Gasteiger partial charge in [-0.05, 0) is 24.3 Å². The molecule has 0 amide bonds. The van der Waals surface area contributed by atoms with Crippen LogP contribution in [-0.4, -0.2) is 0 Å². The van der Waals surface area contributed by atoms with Crippen LogP contribution in [0.2, 0.25) is 0 Å². The zero-order valence-electron chi connectivity index (χ0n) is 13.9. The highest BCUT2D eigenvalue weighted by Crippen LogP contribution is 2.30. The van der Waals surface area contributed by atoms with Crippen molar-refractivity contribution in [2.75, 3.05) is 0 Å². The van der Waals surface area contributed by atoms with E-state index < -0.39 is 0 Å². The molecule has 0 aliphatic heterocycles. The van der Waals surface area contributed by atoms with E-state index in [-0.39, 0.29) is 5.41 Å². The summed E-state index contributed by atoms with van der Waals surface area (Å²) >= 11 is 0. The Morgan fingerprint density at radius 1 is 1.11 bits per heavy atom. The molecule has 0 radical (unpaired) electrons. The molecule has 0 aromatic carbocycles. The molecule has 0 fully saturated rings. The zero-order chi connectivity index (χ0) is 15.6. The van der Waals surface area contributed by atoms with Gasteiger partial charge >= 0.3 is 0 Å². The number of allylic oxidation sites excluding steroid dienone is 5. The molecule has 0 heteroatoms. The number of hydrogen-bond donors (Lipinski definition) is 0. The maximum atomic E-state index is 4.00. The van der Waals surface area contributed by atoms with E-state index in [2.05, 4.69) is 52.3 Å². The van der Waals surface area contributed by atoms with Gasteiger partial charge in [-0.25, -0.2) is 0 Å². The lowest BCUT2D eigenvalue weighted by Gasteiger charge is -2.23. The summed E-state index contributed by atoms with van der Waals surface area (Å²) in [6.07, 6.45) is 17.3. The molecule has 0 aliphatic carbocycles. The number of rotatable bonds is 4. The second-order valence-electron chi connectivity index (χ2n) is 3.59. The molecule has 0 atom stereocenters. The van der Waals surface area contributed by atoms with Gasteiger partial charge < -0.3 is 0 Å². The minimum Gasteiger partial charge on any atom is -0.124 e.